The summed E-state index contributed by atoms with van der Waals surface area (Å²) < 4.78 is 12.8. The smallest absolute Gasteiger partial charge is 0.222 e. The Morgan fingerprint density at radius 3 is 2.32 bits per heavy atom. The fourth-order valence-corrected chi connectivity index (χ4v) is 1.64. The largest absolute Gasteiger partial charge is 0.350 e. The molecular formula is C15H23FN2O. The van der Waals surface area contributed by atoms with E-state index in [0.717, 1.165) is 5.56 Å². The lowest BCUT2D eigenvalue weighted by Gasteiger charge is -2.27. The first-order valence-electron chi connectivity index (χ1n) is 6.50. The molecule has 1 aromatic carbocycles. The predicted octanol–water partition coefficient (Wildman–Crippen LogP) is 2.77. The van der Waals surface area contributed by atoms with E-state index in [2.05, 4.69) is 5.32 Å². The van der Waals surface area contributed by atoms with E-state index in [1.165, 1.54) is 12.1 Å². The first-order chi connectivity index (χ1) is 8.70. The highest BCUT2D eigenvalue weighted by Gasteiger charge is 2.23. The average Bonchev–Trinajstić information content (AvgIpc) is 2.28. The van der Waals surface area contributed by atoms with Crippen molar-refractivity contribution in [2.24, 2.45) is 11.1 Å². The van der Waals surface area contributed by atoms with Gasteiger partial charge in [-0.25, -0.2) is 4.39 Å². The van der Waals surface area contributed by atoms with Crippen molar-refractivity contribution in [2.45, 2.75) is 46.2 Å². The molecule has 3 N–H and O–H groups in total. The summed E-state index contributed by atoms with van der Waals surface area (Å²) in [5.41, 5.74) is 6.75. The third kappa shape index (κ3) is 4.99. The normalized spacial score (nSPS) is 14.8. The van der Waals surface area contributed by atoms with E-state index in [1.54, 1.807) is 12.1 Å². The van der Waals surface area contributed by atoms with Gasteiger partial charge in [-0.3, -0.25) is 4.79 Å². The molecule has 0 aliphatic rings. The van der Waals surface area contributed by atoms with E-state index < -0.39 is 0 Å². The third-order valence-corrected chi connectivity index (χ3v) is 3.27. The van der Waals surface area contributed by atoms with E-state index in [1.807, 2.05) is 27.7 Å². The average molecular weight is 266 g/mol. The summed E-state index contributed by atoms with van der Waals surface area (Å²) in [4.78, 5) is 11.9. The maximum absolute atomic E-state index is 12.8. The molecule has 0 aliphatic carbocycles. The Hall–Kier alpha value is -1.42. The van der Waals surface area contributed by atoms with Crippen molar-refractivity contribution >= 4 is 5.91 Å². The number of hydrogen-bond acceptors (Lipinski definition) is 2. The highest BCUT2D eigenvalue weighted by Crippen LogP contribution is 2.20. The van der Waals surface area contributed by atoms with E-state index in [9.17, 15) is 9.18 Å². The van der Waals surface area contributed by atoms with Gasteiger partial charge in [-0.1, -0.05) is 32.9 Å². The topological polar surface area (TPSA) is 55.1 Å². The number of halogens is 1. The molecule has 0 aromatic heterocycles. The van der Waals surface area contributed by atoms with Crippen molar-refractivity contribution in [3.05, 3.63) is 35.6 Å². The van der Waals surface area contributed by atoms with Gasteiger partial charge in [0.25, 0.3) is 0 Å². The second kappa shape index (κ2) is 6.15. The second-order valence-electron chi connectivity index (χ2n) is 6.02. The maximum atomic E-state index is 12.8. The van der Waals surface area contributed by atoms with Crippen LogP contribution >= 0.6 is 0 Å². The number of rotatable bonds is 4. The molecule has 1 unspecified atom stereocenters. The lowest BCUT2D eigenvalue weighted by Crippen LogP contribution is -2.40. The Morgan fingerprint density at radius 1 is 1.32 bits per heavy atom. The number of carbonyl (C=O) groups is 1. The molecular weight excluding hydrogens is 243 g/mol. The Bertz CT molecular complexity index is 423. The number of benzene rings is 1. The predicted molar refractivity (Wildman–Crippen MR) is 75.0 cm³/mol. The molecule has 1 rings (SSSR count). The SMILES string of the molecule is C[C@H](NC(=O)CC(N)C(C)(C)C)c1ccc(F)cc1. The summed E-state index contributed by atoms with van der Waals surface area (Å²) in [6.45, 7) is 7.89. The molecule has 0 radical (unpaired) electrons. The van der Waals surface area contributed by atoms with Crippen LogP contribution < -0.4 is 11.1 Å². The van der Waals surface area contributed by atoms with Crippen LogP contribution in [0.3, 0.4) is 0 Å². The van der Waals surface area contributed by atoms with Crippen molar-refractivity contribution in [1.82, 2.24) is 5.32 Å². The first kappa shape index (κ1) is 15.6. The van der Waals surface area contributed by atoms with Crippen LogP contribution in [-0.4, -0.2) is 11.9 Å². The maximum Gasteiger partial charge on any atom is 0.222 e. The van der Waals surface area contributed by atoms with E-state index in [-0.39, 0.29) is 35.6 Å². The van der Waals surface area contributed by atoms with Crippen molar-refractivity contribution in [3.63, 3.8) is 0 Å². The Balaban J connectivity index is 2.55. The van der Waals surface area contributed by atoms with Gasteiger partial charge in [-0.05, 0) is 30.0 Å². The van der Waals surface area contributed by atoms with Crippen LogP contribution in [0.2, 0.25) is 0 Å². The zero-order valence-electron chi connectivity index (χ0n) is 12.0. The minimum Gasteiger partial charge on any atom is -0.350 e. The second-order valence-corrected chi connectivity index (χ2v) is 6.02. The van der Waals surface area contributed by atoms with E-state index in [4.69, 9.17) is 5.73 Å². The molecule has 1 amide bonds. The van der Waals surface area contributed by atoms with Crippen LogP contribution in [0, 0.1) is 11.2 Å². The van der Waals surface area contributed by atoms with Crippen LogP contribution in [0.5, 0.6) is 0 Å². The molecule has 2 atom stereocenters. The molecule has 0 spiro atoms. The number of nitrogens with one attached hydrogen (secondary N) is 1. The Kier molecular flexibility index (Phi) is 5.06. The molecule has 0 bridgehead atoms. The van der Waals surface area contributed by atoms with Crippen molar-refractivity contribution in [1.29, 1.82) is 0 Å². The van der Waals surface area contributed by atoms with Gasteiger partial charge in [0.1, 0.15) is 5.82 Å². The van der Waals surface area contributed by atoms with E-state index >= 15 is 0 Å². The summed E-state index contributed by atoms with van der Waals surface area (Å²) in [6, 6.07) is 5.78. The summed E-state index contributed by atoms with van der Waals surface area (Å²) in [7, 11) is 0. The number of amides is 1. The molecule has 19 heavy (non-hydrogen) atoms. The van der Waals surface area contributed by atoms with Crippen LogP contribution in [0.25, 0.3) is 0 Å². The quantitative estimate of drug-likeness (QED) is 0.880. The molecule has 0 heterocycles. The van der Waals surface area contributed by atoms with Crippen LogP contribution in [0.1, 0.15) is 45.7 Å². The Morgan fingerprint density at radius 2 is 1.84 bits per heavy atom. The Labute approximate surface area is 114 Å². The standard InChI is InChI=1S/C15H23FN2O/c1-10(11-5-7-12(16)8-6-11)18-14(19)9-13(17)15(2,3)4/h5-8,10,13H,9,17H2,1-4H3,(H,18,19)/t10-,13?/m0/s1. The number of nitrogens with two attached hydrogens (primary N) is 1. The highest BCUT2D eigenvalue weighted by atomic mass is 19.1. The lowest BCUT2D eigenvalue weighted by atomic mass is 9.85. The van der Waals surface area contributed by atoms with Crippen molar-refractivity contribution < 1.29 is 9.18 Å². The highest BCUT2D eigenvalue weighted by molar-refractivity contribution is 5.77. The van der Waals surface area contributed by atoms with Crippen molar-refractivity contribution in [2.75, 3.05) is 0 Å². The molecule has 4 heteroatoms. The number of hydrogen-bond donors (Lipinski definition) is 2. The number of carbonyl (C=O) groups excluding carboxylic acids is 1. The summed E-state index contributed by atoms with van der Waals surface area (Å²) in [5, 5.41) is 2.88. The van der Waals surface area contributed by atoms with Gasteiger partial charge in [-0.2, -0.15) is 0 Å². The van der Waals surface area contributed by atoms with Crippen molar-refractivity contribution in [3.8, 4) is 0 Å². The first-order valence-corrected chi connectivity index (χ1v) is 6.50. The molecule has 0 aliphatic heterocycles. The van der Waals surface area contributed by atoms with Crippen LogP contribution in [0.4, 0.5) is 4.39 Å². The molecule has 106 valence electrons. The van der Waals surface area contributed by atoms with Gasteiger partial charge in [-0.15, -0.1) is 0 Å². The van der Waals surface area contributed by atoms with Gasteiger partial charge in [0.05, 0.1) is 6.04 Å². The molecule has 3 nitrogen and oxygen atoms in total. The monoisotopic (exact) mass is 266 g/mol. The summed E-state index contributed by atoms with van der Waals surface area (Å²) in [6.07, 6.45) is 0.287. The van der Waals surface area contributed by atoms with E-state index in [0.29, 0.717) is 0 Å². The minimum atomic E-state index is -0.281. The van der Waals surface area contributed by atoms with Gasteiger partial charge in [0.15, 0.2) is 0 Å². The summed E-state index contributed by atoms with van der Waals surface area (Å²) >= 11 is 0. The molecule has 0 saturated carbocycles. The molecule has 0 saturated heterocycles. The zero-order valence-corrected chi connectivity index (χ0v) is 12.0. The van der Waals surface area contributed by atoms with Gasteiger partial charge >= 0.3 is 0 Å². The molecule has 0 fully saturated rings. The fraction of sp³-hybridized carbons (Fsp3) is 0.533. The van der Waals surface area contributed by atoms with Gasteiger partial charge in [0, 0.05) is 12.5 Å². The molecule has 1 aromatic rings. The summed E-state index contributed by atoms with van der Waals surface area (Å²) in [5.74, 6) is -0.365. The van der Waals surface area contributed by atoms with Gasteiger partial charge in [0.2, 0.25) is 5.91 Å². The van der Waals surface area contributed by atoms with Crippen LogP contribution in [-0.2, 0) is 4.79 Å². The fourth-order valence-electron chi connectivity index (χ4n) is 1.64. The van der Waals surface area contributed by atoms with Crippen LogP contribution in [0.15, 0.2) is 24.3 Å². The zero-order chi connectivity index (χ0) is 14.6. The lowest BCUT2D eigenvalue weighted by molar-refractivity contribution is -0.122. The minimum absolute atomic E-state index is 0.0840. The van der Waals surface area contributed by atoms with Gasteiger partial charge < -0.3 is 11.1 Å². The third-order valence-electron chi connectivity index (χ3n) is 3.27.